The van der Waals surface area contributed by atoms with Crippen molar-refractivity contribution >= 4 is 44.7 Å². The zero-order valence-corrected chi connectivity index (χ0v) is 16.0. The first-order valence-electron chi connectivity index (χ1n) is 9.01. The minimum atomic E-state index is -0.208. The number of nitrogens with zero attached hydrogens (tertiary/aromatic N) is 6. The summed E-state index contributed by atoms with van der Waals surface area (Å²) < 4.78 is 2.77. The first kappa shape index (κ1) is 16.9. The summed E-state index contributed by atoms with van der Waals surface area (Å²) in [6.07, 6.45) is 2.44. The van der Waals surface area contributed by atoms with Crippen LogP contribution in [0.2, 0.25) is 0 Å². The smallest absolute Gasteiger partial charge is 0.319 e. The van der Waals surface area contributed by atoms with E-state index in [1.807, 2.05) is 37.3 Å². The van der Waals surface area contributed by atoms with Gasteiger partial charge in [-0.25, -0.2) is 9.78 Å². The Morgan fingerprint density at radius 1 is 1.29 bits per heavy atom. The Labute approximate surface area is 164 Å². The second-order valence-corrected chi connectivity index (χ2v) is 8.01. The van der Waals surface area contributed by atoms with Gasteiger partial charge < -0.3 is 15.5 Å². The van der Waals surface area contributed by atoms with Crippen LogP contribution in [0.15, 0.2) is 36.7 Å². The van der Waals surface area contributed by atoms with Gasteiger partial charge in [-0.3, -0.25) is 0 Å². The fourth-order valence-corrected chi connectivity index (χ4v) is 4.25. The zero-order chi connectivity index (χ0) is 19.1. The van der Waals surface area contributed by atoms with E-state index in [0.717, 1.165) is 39.7 Å². The number of anilines is 2. The highest BCUT2D eigenvalue weighted by Crippen LogP contribution is 2.24. The van der Waals surface area contributed by atoms with Gasteiger partial charge in [-0.2, -0.15) is 4.52 Å². The lowest BCUT2D eigenvalue weighted by Crippen LogP contribution is -2.39. The molecule has 1 fully saturated rings. The number of urea groups is 1. The number of carbonyl (C=O) groups is 1. The van der Waals surface area contributed by atoms with Crippen LogP contribution in [0.5, 0.6) is 0 Å². The quantitative estimate of drug-likeness (QED) is 0.554. The summed E-state index contributed by atoms with van der Waals surface area (Å²) in [6.45, 7) is 3.51. The molecule has 0 aliphatic carbocycles. The van der Waals surface area contributed by atoms with Gasteiger partial charge in [0.2, 0.25) is 0 Å². The molecular weight excluding hydrogens is 376 g/mol. The summed E-state index contributed by atoms with van der Waals surface area (Å²) in [7, 11) is 0. The maximum atomic E-state index is 12.4. The van der Waals surface area contributed by atoms with Gasteiger partial charge in [-0.05, 0) is 43.7 Å². The highest BCUT2D eigenvalue weighted by atomic mass is 32.1. The van der Waals surface area contributed by atoms with Crippen molar-refractivity contribution in [2.24, 2.45) is 0 Å². The predicted octanol–water partition coefficient (Wildman–Crippen LogP) is 2.44. The minimum absolute atomic E-state index is 0.0589. The number of rotatable bonds is 3. The number of benzene rings is 1. The number of amides is 2. The number of nitrogens with one attached hydrogen (secondary N) is 2. The molecule has 28 heavy (non-hydrogen) atoms. The topological polar surface area (TPSA) is 100 Å². The summed E-state index contributed by atoms with van der Waals surface area (Å²) in [4.78, 5) is 19.0. The lowest BCUT2D eigenvalue weighted by atomic mass is 10.2. The average Bonchev–Trinajstić information content (AvgIpc) is 3.39. The van der Waals surface area contributed by atoms with Crippen molar-refractivity contribution < 1.29 is 4.79 Å². The minimum Gasteiger partial charge on any atom is -0.353 e. The molecule has 2 amide bonds. The van der Waals surface area contributed by atoms with E-state index in [9.17, 15) is 4.79 Å². The van der Waals surface area contributed by atoms with Gasteiger partial charge in [0.15, 0.2) is 5.65 Å². The molecule has 3 aromatic heterocycles. The fourth-order valence-electron chi connectivity index (χ4n) is 3.45. The van der Waals surface area contributed by atoms with Crippen LogP contribution >= 0.6 is 11.3 Å². The van der Waals surface area contributed by atoms with Gasteiger partial charge >= 0.3 is 6.03 Å². The molecule has 2 N–H and O–H groups in total. The van der Waals surface area contributed by atoms with Crippen molar-refractivity contribution in [3.63, 3.8) is 0 Å². The van der Waals surface area contributed by atoms with E-state index >= 15 is 0 Å². The number of carbonyl (C=O) groups excluding carboxylic acids is 1. The first-order chi connectivity index (χ1) is 13.6. The Bertz CT molecular complexity index is 1170. The predicted molar refractivity (Wildman–Crippen MR) is 108 cm³/mol. The molecule has 4 aromatic rings. The highest BCUT2D eigenvalue weighted by molar-refractivity contribution is 7.18. The third-order valence-electron chi connectivity index (χ3n) is 4.75. The third kappa shape index (κ3) is 3.22. The van der Waals surface area contributed by atoms with Gasteiger partial charge in [-0.15, -0.1) is 26.6 Å². The van der Waals surface area contributed by atoms with Crippen molar-refractivity contribution in [2.45, 2.75) is 19.4 Å². The first-order valence-corrected chi connectivity index (χ1v) is 9.82. The van der Waals surface area contributed by atoms with Crippen molar-refractivity contribution in [3.8, 4) is 0 Å². The van der Waals surface area contributed by atoms with E-state index in [2.05, 4.69) is 35.8 Å². The van der Waals surface area contributed by atoms with Crippen LogP contribution in [0, 0.1) is 6.92 Å². The van der Waals surface area contributed by atoms with Crippen LogP contribution < -0.4 is 15.5 Å². The van der Waals surface area contributed by atoms with Gasteiger partial charge in [0.25, 0.3) is 0 Å². The summed E-state index contributed by atoms with van der Waals surface area (Å²) in [5.41, 5.74) is 2.36. The Balaban J connectivity index is 1.21. The summed E-state index contributed by atoms with van der Waals surface area (Å²) in [5.74, 6) is 0.848. The molecule has 1 aliphatic rings. The molecule has 0 spiro atoms. The van der Waals surface area contributed by atoms with E-state index in [-0.39, 0.29) is 12.1 Å². The number of aryl methyl sites for hydroxylation is 1. The molecule has 0 radical (unpaired) electrons. The molecule has 1 saturated heterocycles. The monoisotopic (exact) mass is 394 g/mol. The Kier molecular flexibility index (Phi) is 4.05. The number of thiazole rings is 1. The lowest BCUT2D eigenvalue weighted by molar-refractivity contribution is 0.249. The Morgan fingerprint density at radius 2 is 2.21 bits per heavy atom. The highest BCUT2D eigenvalue weighted by Gasteiger charge is 2.25. The second kappa shape index (κ2) is 6.71. The zero-order valence-electron chi connectivity index (χ0n) is 15.2. The molecule has 10 heteroatoms. The van der Waals surface area contributed by atoms with Crippen molar-refractivity contribution in [2.75, 3.05) is 23.3 Å². The maximum Gasteiger partial charge on any atom is 0.319 e. The molecule has 142 valence electrons. The molecule has 9 nitrogen and oxygen atoms in total. The van der Waals surface area contributed by atoms with Crippen LogP contribution in [0.25, 0.3) is 15.9 Å². The molecule has 1 atom stereocenters. The van der Waals surface area contributed by atoms with E-state index in [1.54, 1.807) is 22.2 Å². The number of hydrogen-bond acceptors (Lipinski definition) is 7. The van der Waals surface area contributed by atoms with Crippen molar-refractivity contribution in [1.29, 1.82) is 0 Å². The van der Waals surface area contributed by atoms with Crippen LogP contribution in [0.1, 0.15) is 11.4 Å². The summed E-state index contributed by atoms with van der Waals surface area (Å²) in [5, 5.41) is 19.3. The van der Waals surface area contributed by atoms with Crippen LogP contribution in [0.3, 0.4) is 0 Å². The van der Waals surface area contributed by atoms with Gasteiger partial charge in [0.05, 0.1) is 15.2 Å². The van der Waals surface area contributed by atoms with E-state index in [0.29, 0.717) is 12.2 Å². The lowest BCUT2D eigenvalue weighted by Gasteiger charge is -2.18. The molecule has 1 aromatic carbocycles. The molecule has 0 bridgehead atoms. The van der Waals surface area contributed by atoms with E-state index in [4.69, 9.17) is 0 Å². The standard InChI is InChI=1S/C18H18N8OS/c1-11-20-14-8-12(2-3-15(14)28-11)21-18(27)22-13-6-7-25(9-13)17-5-4-16-23-19-10-26(16)24-17/h2-5,8,10,13H,6-7,9H2,1H3,(H2,21,22,27)/t13-/m0/s1. The number of fused-ring (bicyclic) bond motifs is 2. The summed E-state index contributed by atoms with van der Waals surface area (Å²) in [6, 6.07) is 9.45. The van der Waals surface area contributed by atoms with Crippen molar-refractivity contribution in [1.82, 2.24) is 30.1 Å². The van der Waals surface area contributed by atoms with E-state index < -0.39 is 0 Å². The van der Waals surface area contributed by atoms with Crippen LogP contribution in [0.4, 0.5) is 16.3 Å². The average molecular weight is 394 g/mol. The maximum absolute atomic E-state index is 12.4. The third-order valence-corrected chi connectivity index (χ3v) is 5.70. The van der Waals surface area contributed by atoms with Gasteiger partial charge in [0, 0.05) is 24.8 Å². The largest absolute Gasteiger partial charge is 0.353 e. The Morgan fingerprint density at radius 3 is 3.14 bits per heavy atom. The van der Waals surface area contributed by atoms with Crippen LogP contribution in [-0.4, -0.2) is 50.0 Å². The summed E-state index contributed by atoms with van der Waals surface area (Å²) >= 11 is 1.64. The van der Waals surface area contributed by atoms with Crippen molar-refractivity contribution in [3.05, 3.63) is 41.7 Å². The number of aromatic nitrogens is 5. The normalized spacial score (nSPS) is 16.8. The van der Waals surface area contributed by atoms with Crippen LogP contribution in [-0.2, 0) is 0 Å². The van der Waals surface area contributed by atoms with E-state index in [1.165, 1.54) is 0 Å². The number of hydrogen-bond donors (Lipinski definition) is 2. The molecule has 4 heterocycles. The molecule has 0 unspecified atom stereocenters. The SMILES string of the molecule is Cc1nc2cc(NC(=O)N[C@H]3CCN(c4ccc5nncn5n4)C3)ccc2s1. The molecule has 1 aliphatic heterocycles. The van der Waals surface area contributed by atoms with Gasteiger partial charge in [-0.1, -0.05) is 0 Å². The Hall–Kier alpha value is -3.27. The molecular formula is C18H18N8OS. The van der Waals surface area contributed by atoms with Gasteiger partial charge in [0.1, 0.15) is 12.1 Å². The molecule has 0 saturated carbocycles. The fraction of sp³-hybridized carbons (Fsp3) is 0.278. The second-order valence-electron chi connectivity index (χ2n) is 6.77. The molecule has 5 rings (SSSR count).